The Balaban J connectivity index is 1.83. The van der Waals surface area contributed by atoms with Crippen LogP contribution in [0.5, 0.6) is 11.5 Å². The molecule has 1 aromatic rings. The van der Waals surface area contributed by atoms with Crippen molar-refractivity contribution in [3.05, 3.63) is 24.3 Å². The van der Waals surface area contributed by atoms with Crippen LogP contribution in [0, 0.1) is 0 Å². The maximum Gasteiger partial charge on any atom is 0.396 e. The largest absolute Gasteiger partial charge is 0.486 e. The number of fused-ring (bicyclic) bond motifs is 1. The average molecular weight is 265 g/mol. The van der Waals surface area contributed by atoms with E-state index >= 15 is 0 Å². The van der Waals surface area contributed by atoms with E-state index in [1.807, 2.05) is 18.2 Å². The van der Waals surface area contributed by atoms with Gasteiger partial charge in [-0.25, -0.2) is 4.79 Å². The molecule has 1 aliphatic rings. The lowest BCUT2D eigenvalue weighted by molar-refractivity contribution is -0.154. The van der Waals surface area contributed by atoms with Crippen molar-refractivity contribution in [2.75, 3.05) is 19.8 Å². The maximum absolute atomic E-state index is 11.3. The van der Waals surface area contributed by atoms with Crippen molar-refractivity contribution >= 4 is 11.9 Å². The summed E-state index contributed by atoms with van der Waals surface area (Å²) in [5.41, 5.74) is 0. The summed E-state index contributed by atoms with van der Waals surface area (Å²) in [6, 6.07) is 7.28. The van der Waals surface area contributed by atoms with Gasteiger partial charge in [-0.1, -0.05) is 12.1 Å². The highest BCUT2D eigenvalue weighted by molar-refractivity contribution is 6.32. The molecule has 6 nitrogen and oxygen atoms in total. The van der Waals surface area contributed by atoms with Crippen molar-refractivity contribution in [2.45, 2.75) is 13.0 Å². The van der Waals surface area contributed by atoms with E-state index in [2.05, 4.69) is 10.1 Å². The highest BCUT2D eigenvalue weighted by atomic mass is 16.6. The number of carbonyl (C=O) groups excluding carboxylic acids is 2. The van der Waals surface area contributed by atoms with Gasteiger partial charge >= 0.3 is 11.9 Å². The van der Waals surface area contributed by atoms with Gasteiger partial charge in [0.15, 0.2) is 11.5 Å². The Morgan fingerprint density at radius 2 is 2.11 bits per heavy atom. The Kier molecular flexibility index (Phi) is 4.22. The third kappa shape index (κ3) is 3.37. The third-order valence-electron chi connectivity index (χ3n) is 2.52. The van der Waals surface area contributed by atoms with Crippen molar-refractivity contribution in [3.63, 3.8) is 0 Å². The molecule has 0 fully saturated rings. The quantitative estimate of drug-likeness (QED) is 0.636. The number of rotatable bonds is 3. The molecular formula is C13H15NO5. The van der Waals surface area contributed by atoms with Crippen LogP contribution in [0.3, 0.4) is 0 Å². The molecule has 1 atom stereocenters. The molecule has 1 aliphatic heterocycles. The fourth-order valence-electron chi connectivity index (χ4n) is 1.64. The summed E-state index contributed by atoms with van der Waals surface area (Å²) in [5, 5.41) is 2.45. The van der Waals surface area contributed by atoms with Crippen LogP contribution in [-0.2, 0) is 14.3 Å². The Hall–Kier alpha value is -2.24. The second-order valence-corrected chi connectivity index (χ2v) is 3.93. The van der Waals surface area contributed by atoms with Crippen molar-refractivity contribution in [3.8, 4) is 11.5 Å². The fraction of sp³-hybridized carbons (Fsp3) is 0.385. The number of hydrogen-bond acceptors (Lipinski definition) is 5. The number of carbonyl (C=O) groups is 2. The number of ether oxygens (including phenoxy) is 3. The zero-order valence-electron chi connectivity index (χ0n) is 10.5. The zero-order valence-corrected chi connectivity index (χ0v) is 10.5. The predicted molar refractivity (Wildman–Crippen MR) is 66.0 cm³/mol. The van der Waals surface area contributed by atoms with Crippen molar-refractivity contribution in [1.82, 2.24) is 5.32 Å². The summed E-state index contributed by atoms with van der Waals surface area (Å²) >= 11 is 0. The van der Waals surface area contributed by atoms with Crippen LogP contribution in [0.1, 0.15) is 6.92 Å². The summed E-state index contributed by atoms with van der Waals surface area (Å²) in [4.78, 5) is 22.4. The Bertz CT molecular complexity index is 474. The van der Waals surface area contributed by atoms with Crippen molar-refractivity contribution < 1.29 is 23.8 Å². The molecular weight excluding hydrogens is 250 g/mol. The van der Waals surface area contributed by atoms with Crippen molar-refractivity contribution in [2.24, 2.45) is 0 Å². The van der Waals surface area contributed by atoms with E-state index in [1.165, 1.54) is 0 Å². The van der Waals surface area contributed by atoms with Gasteiger partial charge in [0, 0.05) is 0 Å². The van der Waals surface area contributed by atoms with Crippen molar-refractivity contribution in [1.29, 1.82) is 0 Å². The molecule has 0 spiro atoms. The van der Waals surface area contributed by atoms with Gasteiger partial charge < -0.3 is 19.5 Å². The maximum atomic E-state index is 11.3. The van der Waals surface area contributed by atoms with Gasteiger partial charge in [-0.3, -0.25) is 4.79 Å². The molecule has 19 heavy (non-hydrogen) atoms. The van der Waals surface area contributed by atoms with E-state index in [1.54, 1.807) is 13.0 Å². The van der Waals surface area contributed by atoms with Crippen LogP contribution in [0.15, 0.2) is 24.3 Å². The molecule has 2 rings (SSSR count). The normalized spacial score (nSPS) is 16.6. The summed E-state index contributed by atoms with van der Waals surface area (Å²) in [7, 11) is 0. The summed E-state index contributed by atoms with van der Waals surface area (Å²) in [6.45, 7) is 2.31. The molecule has 0 aromatic heterocycles. The van der Waals surface area contributed by atoms with E-state index in [0.29, 0.717) is 18.1 Å². The third-order valence-corrected chi connectivity index (χ3v) is 2.52. The van der Waals surface area contributed by atoms with Crippen LogP contribution in [0.25, 0.3) is 0 Å². The highest BCUT2D eigenvalue weighted by Gasteiger charge is 2.22. The van der Waals surface area contributed by atoms with Crippen LogP contribution in [-0.4, -0.2) is 37.7 Å². The molecule has 0 saturated heterocycles. The first-order valence-electron chi connectivity index (χ1n) is 6.04. The summed E-state index contributed by atoms with van der Waals surface area (Å²) in [6.07, 6.45) is -0.326. The molecule has 0 aliphatic carbocycles. The molecule has 0 bridgehead atoms. The number of esters is 1. The predicted octanol–water partition coefficient (Wildman–Crippen LogP) is 0.506. The number of para-hydroxylation sites is 2. The van der Waals surface area contributed by atoms with E-state index in [4.69, 9.17) is 9.47 Å². The van der Waals surface area contributed by atoms with Gasteiger partial charge in [0.25, 0.3) is 0 Å². The first-order chi connectivity index (χ1) is 9.20. The van der Waals surface area contributed by atoms with E-state index in [-0.39, 0.29) is 19.3 Å². The molecule has 6 heteroatoms. The lowest BCUT2D eigenvalue weighted by Crippen LogP contribution is -2.43. The lowest BCUT2D eigenvalue weighted by Gasteiger charge is -2.26. The van der Waals surface area contributed by atoms with Gasteiger partial charge in [0.2, 0.25) is 0 Å². The Morgan fingerprint density at radius 1 is 1.37 bits per heavy atom. The smallest absolute Gasteiger partial charge is 0.396 e. The molecule has 1 heterocycles. The second-order valence-electron chi connectivity index (χ2n) is 3.93. The minimum atomic E-state index is -0.889. The summed E-state index contributed by atoms with van der Waals surface area (Å²) in [5.74, 6) is -0.358. The fourth-order valence-corrected chi connectivity index (χ4v) is 1.64. The van der Waals surface area contributed by atoms with Gasteiger partial charge in [0.05, 0.1) is 13.2 Å². The first-order valence-corrected chi connectivity index (χ1v) is 6.04. The number of nitrogens with one attached hydrogen (secondary N) is 1. The topological polar surface area (TPSA) is 73.9 Å². The van der Waals surface area contributed by atoms with Gasteiger partial charge in [-0.2, -0.15) is 0 Å². The number of amides is 1. The van der Waals surface area contributed by atoms with E-state index in [9.17, 15) is 9.59 Å². The van der Waals surface area contributed by atoms with E-state index < -0.39 is 11.9 Å². The molecule has 0 unspecified atom stereocenters. The van der Waals surface area contributed by atoms with Gasteiger partial charge in [-0.15, -0.1) is 0 Å². The molecule has 0 saturated carbocycles. The Morgan fingerprint density at radius 3 is 2.84 bits per heavy atom. The minimum absolute atomic E-state index is 0.169. The van der Waals surface area contributed by atoms with Crippen LogP contribution in [0.4, 0.5) is 0 Å². The zero-order chi connectivity index (χ0) is 13.7. The lowest BCUT2D eigenvalue weighted by atomic mass is 10.2. The first kappa shape index (κ1) is 13.2. The van der Waals surface area contributed by atoms with E-state index in [0.717, 1.165) is 0 Å². The number of benzene rings is 1. The number of hydrogen-bond donors (Lipinski definition) is 1. The second kappa shape index (κ2) is 6.08. The molecule has 102 valence electrons. The summed E-state index contributed by atoms with van der Waals surface area (Å²) < 4.78 is 15.7. The SMILES string of the molecule is CCOC(=O)C(=O)NC[C@@H]1COc2ccccc2O1. The molecule has 1 amide bonds. The van der Waals surface area contributed by atoms with Gasteiger partial charge in [0.1, 0.15) is 12.7 Å². The average Bonchev–Trinajstić information content (AvgIpc) is 2.44. The van der Waals surface area contributed by atoms with Gasteiger partial charge in [-0.05, 0) is 19.1 Å². The van der Waals surface area contributed by atoms with Crippen LogP contribution < -0.4 is 14.8 Å². The standard InChI is InChI=1S/C13H15NO5/c1-2-17-13(16)12(15)14-7-9-8-18-10-5-3-4-6-11(10)19-9/h3-6,9H,2,7-8H2,1H3,(H,14,15)/t9-/m1/s1. The molecule has 1 aromatic carbocycles. The Labute approximate surface area is 110 Å². The molecule has 0 radical (unpaired) electrons. The molecule has 1 N–H and O–H groups in total. The van der Waals surface area contributed by atoms with Crippen LogP contribution >= 0.6 is 0 Å². The van der Waals surface area contributed by atoms with Crippen LogP contribution in [0.2, 0.25) is 0 Å². The highest BCUT2D eigenvalue weighted by Crippen LogP contribution is 2.30. The monoisotopic (exact) mass is 265 g/mol. The minimum Gasteiger partial charge on any atom is -0.486 e.